The lowest BCUT2D eigenvalue weighted by atomic mass is 10.0. The molecule has 2 aromatic carbocycles. The van der Waals surface area contributed by atoms with Crippen LogP contribution in [-0.4, -0.2) is 26.2 Å². The van der Waals surface area contributed by atoms with Gasteiger partial charge in [-0.1, -0.05) is 60.7 Å². The molecule has 0 amide bonds. The second-order valence-electron chi connectivity index (χ2n) is 9.28. The zero-order chi connectivity index (χ0) is 25.5. The van der Waals surface area contributed by atoms with Gasteiger partial charge >= 0.3 is 0 Å². The molecule has 0 saturated heterocycles. The Kier molecular flexibility index (Phi) is 5.19. The van der Waals surface area contributed by atoms with Crippen molar-refractivity contribution < 1.29 is 4.79 Å². The van der Waals surface area contributed by atoms with Gasteiger partial charge in [0.2, 0.25) is 0 Å². The van der Waals surface area contributed by atoms with Crippen molar-refractivity contribution in [3.63, 3.8) is 0 Å². The number of carbonyl (C=O) groups excluding carboxylic acids is 1. The highest BCUT2D eigenvalue weighted by Crippen LogP contribution is 2.32. The lowest BCUT2D eigenvalue weighted by Crippen LogP contribution is -1.85. The van der Waals surface area contributed by atoms with Gasteiger partial charge < -0.3 is 9.97 Å². The molecule has 3 aromatic heterocycles. The quantitative estimate of drug-likeness (QED) is 0.248. The smallest absolute Gasteiger partial charge is 0.152 e. The van der Waals surface area contributed by atoms with Gasteiger partial charge in [-0.25, -0.2) is 9.97 Å². The van der Waals surface area contributed by atoms with Crippen LogP contribution in [0.2, 0.25) is 0 Å². The predicted octanol–water partition coefficient (Wildman–Crippen LogP) is 7.80. The van der Waals surface area contributed by atoms with Crippen LogP contribution in [0.4, 0.5) is 0 Å². The molecule has 0 atom stereocenters. The maximum atomic E-state index is 12.1. The molecule has 0 unspecified atom stereocenters. The summed E-state index contributed by atoms with van der Waals surface area (Å²) in [6.45, 7) is 0. The molecule has 38 heavy (non-hydrogen) atoms. The van der Waals surface area contributed by atoms with Gasteiger partial charge in [0, 0.05) is 33.2 Å². The number of fused-ring (bicyclic) bond motifs is 8. The van der Waals surface area contributed by atoms with E-state index in [1.807, 2.05) is 78.9 Å². The lowest BCUT2D eigenvalue weighted by molar-refractivity contribution is 0.112. The first-order valence-corrected chi connectivity index (χ1v) is 12.5. The van der Waals surface area contributed by atoms with Crippen molar-refractivity contribution in [2.75, 3.05) is 0 Å². The van der Waals surface area contributed by atoms with Crippen LogP contribution < -0.4 is 0 Å². The SMILES string of the molecule is O=Cc1cc2[nH]c1cc1nc(c(-c3ccccc3)c3ccc(cc4nc(c2-c2ccccc2)C=C4)[nH]3)C=C1. The molecule has 0 aliphatic carbocycles. The number of nitrogens with zero attached hydrogens (tertiary/aromatic N) is 2. The second kappa shape index (κ2) is 8.98. The normalized spacial score (nSPS) is 12.1. The summed E-state index contributed by atoms with van der Waals surface area (Å²) in [5.74, 6) is 0. The molecule has 2 aliphatic heterocycles. The Bertz CT molecular complexity index is 1930. The van der Waals surface area contributed by atoms with Gasteiger partial charge in [0.25, 0.3) is 0 Å². The largest absolute Gasteiger partial charge is 0.355 e. The van der Waals surface area contributed by atoms with Crippen LogP contribution in [-0.2, 0) is 0 Å². The van der Waals surface area contributed by atoms with Crippen LogP contribution in [0.3, 0.4) is 0 Å². The van der Waals surface area contributed by atoms with Crippen molar-refractivity contribution in [1.82, 2.24) is 19.9 Å². The summed E-state index contributed by atoms with van der Waals surface area (Å²) < 4.78 is 0. The summed E-state index contributed by atoms with van der Waals surface area (Å²) in [4.78, 5) is 29.0. The Balaban J connectivity index is 1.62. The lowest BCUT2D eigenvalue weighted by Gasteiger charge is -2.03. The number of carbonyl (C=O) groups is 1. The fraction of sp³-hybridized carbons (Fsp3) is 0. The van der Waals surface area contributed by atoms with Crippen molar-refractivity contribution >= 4 is 52.7 Å². The summed E-state index contributed by atoms with van der Waals surface area (Å²) in [6, 6.07) is 30.3. The van der Waals surface area contributed by atoms with E-state index in [4.69, 9.17) is 9.97 Å². The van der Waals surface area contributed by atoms with E-state index in [-0.39, 0.29) is 0 Å². The molecule has 180 valence electrons. The first-order chi connectivity index (χ1) is 18.7. The Hall–Kier alpha value is -5.29. The summed E-state index contributed by atoms with van der Waals surface area (Å²) in [6.07, 6.45) is 8.92. The summed E-state index contributed by atoms with van der Waals surface area (Å²) in [7, 11) is 0. The number of aromatic nitrogens is 4. The van der Waals surface area contributed by atoms with Crippen molar-refractivity contribution in [2.45, 2.75) is 0 Å². The van der Waals surface area contributed by atoms with Crippen molar-refractivity contribution in [2.24, 2.45) is 0 Å². The van der Waals surface area contributed by atoms with E-state index in [1.54, 1.807) is 0 Å². The zero-order valence-corrected chi connectivity index (χ0v) is 20.3. The third-order valence-corrected chi connectivity index (χ3v) is 6.81. The number of aldehydes is 1. The summed E-state index contributed by atoms with van der Waals surface area (Å²) in [5, 5.41) is 0. The summed E-state index contributed by atoms with van der Waals surface area (Å²) in [5.41, 5.74) is 11.4. The molecule has 8 bridgehead atoms. The fourth-order valence-corrected chi connectivity index (χ4v) is 5.07. The van der Waals surface area contributed by atoms with Gasteiger partial charge in [-0.05, 0) is 65.8 Å². The molecule has 0 radical (unpaired) electrons. The number of aromatic amines is 2. The number of rotatable bonds is 3. The Morgan fingerprint density at radius 2 is 1.16 bits per heavy atom. The molecule has 5 heteroatoms. The van der Waals surface area contributed by atoms with E-state index >= 15 is 0 Å². The molecular formula is C33H22N4O. The molecular weight excluding hydrogens is 468 g/mol. The van der Waals surface area contributed by atoms with Gasteiger partial charge in [-0.3, -0.25) is 4.79 Å². The molecule has 0 spiro atoms. The summed E-state index contributed by atoms with van der Waals surface area (Å²) >= 11 is 0. The van der Waals surface area contributed by atoms with Crippen molar-refractivity contribution in [3.8, 4) is 22.3 Å². The maximum Gasteiger partial charge on any atom is 0.152 e. The topological polar surface area (TPSA) is 74.4 Å². The van der Waals surface area contributed by atoms with Crippen LogP contribution in [0.5, 0.6) is 0 Å². The number of H-pyrrole nitrogens is 2. The maximum absolute atomic E-state index is 12.1. The Morgan fingerprint density at radius 1 is 0.553 bits per heavy atom. The molecule has 0 saturated carbocycles. The molecule has 5 nitrogen and oxygen atoms in total. The van der Waals surface area contributed by atoms with Crippen LogP contribution in [0, 0.1) is 0 Å². The monoisotopic (exact) mass is 490 g/mol. The van der Waals surface area contributed by atoms with Crippen LogP contribution in [0.25, 0.3) is 68.6 Å². The van der Waals surface area contributed by atoms with Gasteiger partial charge in [-0.2, -0.15) is 0 Å². The first-order valence-electron chi connectivity index (χ1n) is 12.5. The number of nitrogens with one attached hydrogen (secondary N) is 2. The van der Waals surface area contributed by atoms with Gasteiger partial charge in [0.15, 0.2) is 6.29 Å². The predicted molar refractivity (Wildman–Crippen MR) is 155 cm³/mol. The first kappa shape index (κ1) is 21.9. The molecule has 2 N–H and O–H groups in total. The minimum atomic E-state index is 0.571. The number of hydrogen-bond acceptors (Lipinski definition) is 3. The number of benzene rings is 2. The van der Waals surface area contributed by atoms with Crippen LogP contribution in [0.15, 0.2) is 91.0 Å². The molecule has 7 rings (SSSR count). The molecule has 2 aliphatic rings. The van der Waals surface area contributed by atoms with E-state index in [1.165, 1.54) is 0 Å². The van der Waals surface area contributed by atoms with Crippen LogP contribution >= 0.6 is 0 Å². The minimum Gasteiger partial charge on any atom is -0.355 e. The van der Waals surface area contributed by atoms with E-state index in [0.717, 1.165) is 67.9 Å². The van der Waals surface area contributed by atoms with Crippen LogP contribution in [0.1, 0.15) is 33.1 Å². The van der Waals surface area contributed by atoms with Gasteiger partial charge in [0.1, 0.15) is 0 Å². The second-order valence-corrected chi connectivity index (χ2v) is 9.28. The Labute approximate surface area is 218 Å². The van der Waals surface area contributed by atoms with Gasteiger partial charge in [-0.15, -0.1) is 0 Å². The van der Waals surface area contributed by atoms with E-state index in [9.17, 15) is 4.79 Å². The molecule has 5 aromatic rings. The van der Waals surface area contributed by atoms with Gasteiger partial charge in [0.05, 0.1) is 28.3 Å². The van der Waals surface area contributed by atoms with E-state index in [2.05, 4.69) is 46.4 Å². The highest BCUT2D eigenvalue weighted by molar-refractivity contribution is 5.97. The third-order valence-electron chi connectivity index (χ3n) is 6.81. The van der Waals surface area contributed by atoms with Crippen molar-refractivity contribution in [3.05, 3.63) is 119 Å². The highest BCUT2D eigenvalue weighted by atomic mass is 16.1. The average molecular weight is 491 g/mol. The fourth-order valence-electron chi connectivity index (χ4n) is 5.07. The minimum absolute atomic E-state index is 0.571. The van der Waals surface area contributed by atoms with Crippen molar-refractivity contribution in [1.29, 1.82) is 0 Å². The number of hydrogen-bond donors (Lipinski definition) is 2. The third kappa shape index (κ3) is 3.87. The van der Waals surface area contributed by atoms with E-state index < -0.39 is 0 Å². The Morgan fingerprint density at radius 3 is 1.79 bits per heavy atom. The average Bonchev–Trinajstić information content (AvgIpc) is 3.76. The van der Waals surface area contributed by atoms with E-state index in [0.29, 0.717) is 11.1 Å². The molecule has 5 heterocycles. The zero-order valence-electron chi connectivity index (χ0n) is 20.3. The standard InChI is InChI=1S/C33H22N4O/c38-20-23-17-31-33(22-9-5-2-6-10-22)29-15-12-25(35-29)18-24-11-14-27(34-24)32(21-7-3-1-4-8-21)28-16-13-26(36-28)19-30(23)37-31/h1-20,34,37H. The highest BCUT2D eigenvalue weighted by Gasteiger charge is 2.14. The molecule has 0 fully saturated rings.